The monoisotopic (exact) mass is 470 g/mol. The van der Waals surface area contributed by atoms with Gasteiger partial charge in [-0.3, -0.25) is 14.3 Å². The molecule has 0 atom stereocenters. The summed E-state index contributed by atoms with van der Waals surface area (Å²) in [6.07, 6.45) is 3.72. The average molecular weight is 471 g/mol. The summed E-state index contributed by atoms with van der Waals surface area (Å²) < 4.78 is 1.77. The Morgan fingerprint density at radius 3 is 2.29 bits per heavy atom. The number of carbonyl (C=O) groups is 2. The number of amides is 2. The Morgan fingerprint density at radius 1 is 0.941 bits per heavy atom. The van der Waals surface area contributed by atoms with Gasteiger partial charge in [-0.05, 0) is 24.0 Å². The van der Waals surface area contributed by atoms with Gasteiger partial charge in [-0.1, -0.05) is 72.8 Å². The van der Waals surface area contributed by atoms with E-state index in [2.05, 4.69) is 5.32 Å². The van der Waals surface area contributed by atoms with Gasteiger partial charge >= 0.3 is 0 Å². The first-order valence-electron chi connectivity index (χ1n) is 10.9. The van der Waals surface area contributed by atoms with Crippen LogP contribution in [0.25, 0.3) is 11.3 Å². The zero-order valence-corrected chi connectivity index (χ0v) is 20.0. The van der Waals surface area contributed by atoms with Crippen LogP contribution in [0.2, 0.25) is 0 Å². The van der Waals surface area contributed by atoms with Crippen LogP contribution in [0, 0.1) is 0 Å². The second kappa shape index (κ2) is 10.9. The zero-order valence-electron chi connectivity index (χ0n) is 19.1. The maximum Gasteiger partial charge on any atom is 0.257 e. The Hall–Kier alpha value is -3.84. The van der Waals surface area contributed by atoms with E-state index in [-0.39, 0.29) is 18.4 Å². The number of hydrogen-bond acceptors (Lipinski definition) is 4. The maximum absolute atomic E-state index is 13.4. The number of anilines is 1. The van der Waals surface area contributed by atoms with E-state index >= 15 is 0 Å². The third-order valence-electron chi connectivity index (χ3n) is 5.34. The molecule has 0 fully saturated rings. The van der Waals surface area contributed by atoms with Gasteiger partial charge in [0, 0.05) is 23.7 Å². The van der Waals surface area contributed by atoms with Gasteiger partial charge in [-0.25, -0.2) is 0 Å². The molecule has 6 nitrogen and oxygen atoms in total. The lowest BCUT2D eigenvalue weighted by Crippen LogP contribution is -2.35. The lowest BCUT2D eigenvalue weighted by Gasteiger charge is -2.17. The molecule has 0 radical (unpaired) electrons. The molecule has 0 aliphatic rings. The highest BCUT2D eigenvalue weighted by molar-refractivity contribution is 7.98. The van der Waals surface area contributed by atoms with Crippen molar-refractivity contribution >= 4 is 29.3 Å². The summed E-state index contributed by atoms with van der Waals surface area (Å²) in [6.45, 7) is 0.475. The number of hydrogen-bond donors (Lipinski definition) is 1. The first kappa shape index (κ1) is 23.3. The molecule has 0 saturated carbocycles. The van der Waals surface area contributed by atoms with Gasteiger partial charge in [0.05, 0.1) is 24.3 Å². The van der Waals surface area contributed by atoms with E-state index in [1.807, 2.05) is 91.2 Å². The van der Waals surface area contributed by atoms with Crippen molar-refractivity contribution in [3.05, 3.63) is 102 Å². The van der Waals surface area contributed by atoms with Gasteiger partial charge in [0.15, 0.2) is 0 Å². The molecule has 1 aromatic heterocycles. The summed E-state index contributed by atoms with van der Waals surface area (Å²) in [5, 5.41) is 7.62. The average Bonchev–Trinajstić information content (AvgIpc) is 3.28. The van der Waals surface area contributed by atoms with Crippen LogP contribution in [0.4, 0.5) is 5.69 Å². The molecule has 3 aromatic carbocycles. The highest BCUT2D eigenvalue weighted by Crippen LogP contribution is 2.25. The van der Waals surface area contributed by atoms with Crippen LogP contribution in [-0.2, 0) is 11.3 Å². The van der Waals surface area contributed by atoms with E-state index < -0.39 is 0 Å². The summed E-state index contributed by atoms with van der Waals surface area (Å²) in [6, 6.07) is 27.2. The minimum Gasteiger partial charge on any atom is -0.332 e. The number of thioether (sulfide) groups is 1. The molecule has 4 aromatic rings. The topological polar surface area (TPSA) is 67.2 Å². The van der Waals surface area contributed by atoms with Gasteiger partial charge in [0.25, 0.3) is 5.91 Å². The summed E-state index contributed by atoms with van der Waals surface area (Å²) in [5.41, 5.74) is 3.73. The van der Waals surface area contributed by atoms with Gasteiger partial charge in [-0.15, -0.1) is 11.8 Å². The van der Waals surface area contributed by atoms with Gasteiger partial charge in [0.1, 0.15) is 5.69 Å². The molecule has 34 heavy (non-hydrogen) atoms. The quantitative estimate of drug-likeness (QED) is 0.367. The number of benzene rings is 3. The van der Waals surface area contributed by atoms with Crippen LogP contribution in [0.1, 0.15) is 15.9 Å². The third-order valence-corrected chi connectivity index (χ3v) is 6.13. The largest absolute Gasteiger partial charge is 0.332 e. The Kier molecular flexibility index (Phi) is 7.44. The van der Waals surface area contributed by atoms with Crippen LogP contribution in [-0.4, -0.2) is 46.3 Å². The van der Waals surface area contributed by atoms with Gasteiger partial charge < -0.3 is 10.2 Å². The molecule has 7 heteroatoms. The van der Waals surface area contributed by atoms with Crippen molar-refractivity contribution in [1.82, 2.24) is 14.7 Å². The molecular formula is C27H26N4O2S. The predicted molar refractivity (Wildman–Crippen MR) is 137 cm³/mol. The van der Waals surface area contributed by atoms with Crippen molar-refractivity contribution in [3.63, 3.8) is 0 Å². The van der Waals surface area contributed by atoms with Crippen molar-refractivity contribution in [3.8, 4) is 11.3 Å². The summed E-state index contributed by atoms with van der Waals surface area (Å²) in [5.74, 6) is -0.512. The summed E-state index contributed by atoms with van der Waals surface area (Å²) >= 11 is 1.56. The van der Waals surface area contributed by atoms with E-state index in [0.717, 1.165) is 21.7 Å². The molecule has 0 saturated heterocycles. The molecule has 0 aliphatic heterocycles. The Balaban J connectivity index is 1.55. The minimum absolute atomic E-state index is 0.0698. The van der Waals surface area contributed by atoms with E-state index in [0.29, 0.717) is 17.8 Å². The van der Waals surface area contributed by atoms with Crippen LogP contribution in [0.3, 0.4) is 0 Å². The molecule has 1 heterocycles. The fourth-order valence-electron chi connectivity index (χ4n) is 3.67. The van der Waals surface area contributed by atoms with Crippen molar-refractivity contribution < 1.29 is 9.59 Å². The standard InChI is InChI=1S/C27H26N4O2S/c1-30(19-25(32)28-23-15-9-10-16-24(23)34-2)27(33)22-18-31(17-20-11-5-3-6-12-20)29-26(22)21-13-7-4-8-14-21/h3-16,18H,17,19H2,1-2H3,(H,28,32). The molecular weight excluding hydrogens is 444 g/mol. The van der Waals surface area contributed by atoms with Gasteiger partial charge in [0.2, 0.25) is 5.91 Å². The van der Waals surface area contributed by atoms with Crippen LogP contribution < -0.4 is 5.32 Å². The third kappa shape index (κ3) is 5.55. The fourth-order valence-corrected chi connectivity index (χ4v) is 4.22. The SMILES string of the molecule is CSc1ccccc1NC(=O)CN(C)C(=O)c1cn(Cc2ccccc2)nc1-c1ccccc1. The summed E-state index contributed by atoms with van der Waals surface area (Å²) in [7, 11) is 1.63. The van der Waals surface area contributed by atoms with E-state index in [9.17, 15) is 9.59 Å². The molecule has 0 bridgehead atoms. The Bertz CT molecular complexity index is 1270. The minimum atomic E-state index is -0.258. The Labute approximate surface area is 203 Å². The van der Waals surface area contributed by atoms with Crippen molar-refractivity contribution in [2.24, 2.45) is 0 Å². The second-order valence-corrected chi connectivity index (χ2v) is 8.70. The van der Waals surface area contributed by atoms with E-state index in [4.69, 9.17) is 5.10 Å². The van der Waals surface area contributed by atoms with Crippen molar-refractivity contribution in [1.29, 1.82) is 0 Å². The number of carbonyl (C=O) groups excluding carboxylic acids is 2. The predicted octanol–water partition coefficient (Wildman–Crippen LogP) is 5.03. The molecule has 0 unspecified atom stereocenters. The van der Waals surface area contributed by atoms with Crippen LogP contribution in [0.5, 0.6) is 0 Å². The number of nitrogens with zero attached hydrogens (tertiary/aromatic N) is 3. The van der Waals surface area contributed by atoms with E-state index in [1.165, 1.54) is 4.90 Å². The van der Waals surface area contributed by atoms with E-state index in [1.54, 1.807) is 29.7 Å². The number of rotatable bonds is 8. The highest BCUT2D eigenvalue weighted by Gasteiger charge is 2.23. The Morgan fingerprint density at radius 2 is 1.59 bits per heavy atom. The first-order chi connectivity index (χ1) is 16.5. The number of nitrogens with one attached hydrogen (secondary N) is 1. The van der Waals surface area contributed by atoms with Crippen LogP contribution >= 0.6 is 11.8 Å². The molecule has 2 amide bonds. The second-order valence-electron chi connectivity index (χ2n) is 7.85. The number of aromatic nitrogens is 2. The van der Waals surface area contributed by atoms with Crippen LogP contribution in [0.15, 0.2) is 96.0 Å². The first-order valence-corrected chi connectivity index (χ1v) is 12.1. The lowest BCUT2D eigenvalue weighted by molar-refractivity contribution is -0.116. The zero-order chi connectivity index (χ0) is 23.9. The maximum atomic E-state index is 13.4. The van der Waals surface area contributed by atoms with Crippen molar-refractivity contribution in [2.45, 2.75) is 11.4 Å². The van der Waals surface area contributed by atoms with Crippen molar-refractivity contribution in [2.75, 3.05) is 25.2 Å². The molecule has 0 spiro atoms. The molecule has 1 N–H and O–H groups in total. The number of likely N-dealkylation sites (N-methyl/N-ethyl adjacent to an activating group) is 1. The number of para-hydroxylation sites is 1. The highest BCUT2D eigenvalue weighted by atomic mass is 32.2. The van der Waals surface area contributed by atoms with Gasteiger partial charge in [-0.2, -0.15) is 5.10 Å². The molecule has 0 aliphatic carbocycles. The molecule has 4 rings (SSSR count). The normalized spacial score (nSPS) is 10.6. The fraction of sp³-hybridized carbons (Fsp3) is 0.148. The lowest BCUT2D eigenvalue weighted by atomic mass is 10.1. The molecule has 172 valence electrons. The smallest absolute Gasteiger partial charge is 0.257 e. The summed E-state index contributed by atoms with van der Waals surface area (Å²) in [4.78, 5) is 28.5.